The summed E-state index contributed by atoms with van der Waals surface area (Å²) in [4.78, 5) is 25.2. The third-order valence-corrected chi connectivity index (χ3v) is 4.70. The Kier molecular flexibility index (Phi) is 5.45. The summed E-state index contributed by atoms with van der Waals surface area (Å²) in [5.41, 5.74) is 2.52. The van der Waals surface area contributed by atoms with Gasteiger partial charge in [-0.2, -0.15) is 0 Å². The van der Waals surface area contributed by atoms with E-state index in [0.717, 1.165) is 37.7 Å². The maximum Gasteiger partial charge on any atom is 0.257 e. The Balaban J connectivity index is 1.46. The Hall–Kier alpha value is -2.71. The first kappa shape index (κ1) is 17.7. The molecule has 0 spiro atoms. The minimum Gasteiger partial charge on any atom is -0.378 e. The average Bonchev–Trinajstić information content (AvgIpc) is 2.75. The molecule has 2 aliphatic rings. The van der Waals surface area contributed by atoms with Gasteiger partial charge in [-0.3, -0.25) is 4.79 Å². The van der Waals surface area contributed by atoms with Crippen LogP contribution < -0.4 is 10.2 Å². The van der Waals surface area contributed by atoms with Gasteiger partial charge in [0.15, 0.2) is 0 Å². The lowest BCUT2D eigenvalue weighted by Gasteiger charge is -2.30. The van der Waals surface area contributed by atoms with E-state index in [-0.39, 0.29) is 5.91 Å². The van der Waals surface area contributed by atoms with Gasteiger partial charge in [0.1, 0.15) is 0 Å². The number of ether oxygens (including phenoxy) is 2. The van der Waals surface area contributed by atoms with Crippen molar-refractivity contribution in [3.63, 3.8) is 0 Å². The van der Waals surface area contributed by atoms with E-state index in [1.54, 1.807) is 17.3 Å². The van der Waals surface area contributed by atoms with Gasteiger partial charge < -0.3 is 24.6 Å². The molecule has 0 saturated carbocycles. The van der Waals surface area contributed by atoms with E-state index < -0.39 is 0 Å². The molecule has 0 aliphatic carbocycles. The first-order valence-electron chi connectivity index (χ1n) is 9.19. The minimum absolute atomic E-state index is 0.0569. The lowest BCUT2D eigenvalue weighted by Crippen LogP contribution is -2.40. The van der Waals surface area contributed by atoms with Crippen molar-refractivity contribution in [1.82, 2.24) is 14.9 Å². The zero-order chi connectivity index (χ0) is 18.5. The van der Waals surface area contributed by atoms with E-state index in [1.807, 2.05) is 18.2 Å². The van der Waals surface area contributed by atoms with Crippen LogP contribution in [-0.4, -0.2) is 73.4 Å². The van der Waals surface area contributed by atoms with Gasteiger partial charge in [0.05, 0.1) is 43.4 Å². The Morgan fingerprint density at radius 3 is 2.26 bits per heavy atom. The number of carbonyl (C=O) groups is 1. The molecular formula is C19H23N5O3. The number of morpholine rings is 2. The molecule has 1 aromatic carbocycles. The normalized spacial score (nSPS) is 17.6. The number of hydrogen-bond acceptors (Lipinski definition) is 7. The Labute approximate surface area is 158 Å². The molecule has 142 valence electrons. The van der Waals surface area contributed by atoms with Crippen molar-refractivity contribution < 1.29 is 14.3 Å². The van der Waals surface area contributed by atoms with Gasteiger partial charge in [-0.25, -0.2) is 9.97 Å². The number of amides is 1. The first-order chi connectivity index (χ1) is 13.3. The molecule has 1 N–H and O–H groups in total. The molecule has 2 fully saturated rings. The highest BCUT2D eigenvalue weighted by Gasteiger charge is 2.19. The van der Waals surface area contributed by atoms with E-state index in [9.17, 15) is 4.79 Å². The second kappa shape index (κ2) is 8.32. The molecule has 2 saturated heterocycles. The first-order valence-corrected chi connectivity index (χ1v) is 9.19. The molecule has 0 bridgehead atoms. The Morgan fingerprint density at radius 1 is 0.926 bits per heavy atom. The molecule has 0 atom stereocenters. The molecule has 1 aromatic heterocycles. The number of para-hydroxylation sites is 2. The summed E-state index contributed by atoms with van der Waals surface area (Å²) in [7, 11) is 0. The lowest BCUT2D eigenvalue weighted by atomic mass is 10.2. The van der Waals surface area contributed by atoms with Crippen LogP contribution in [0.4, 0.5) is 17.3 Å². The third kappa shape index (κ3) is 4.17. The number of anilines is 3. The predicted molar refractivity (Wildman–Crippen MR) is 102 cm³/mol. The van der Waals surface area contributed by atoms with Gasteiger partial charge in [-0.1, -0.05) is 12.1 Å². The van der Waals surface area contributed by atoms with Gasteiger partial charge in [0.25, 0.3) is 5.91 Å². The monoisotopic (exact) mass is 369 g/mol. The lowest BCUT2D eigenvalue weighted by molar-refractivity contribution is 0.0302. The highest BCUT2D eigenvalue weighted by molar-refractivity contribution is 5.93. The van der Waals surface area contributed by atoms with Crippen molar-refractivity contribution in [2.75, 3.05) is 62.8 Å². The predicted octanol–water partition coefficient (Wildman–Crippen LogP) is 1.53. The second-order valence-corrected chi connectivity index (χ2v) is 6.44. The molecule has 3 heterocycles. The summed E-state index contributed by atoms with van der Waals surface area (Å²) in [5, 5.41) is 3.27. The van der Waals surface area contributed by atoms with Crippen molar-refractivity contribution in [3.05, 3.63) is 42.2 Å². The third-order valence-electron chi connectivity index (χ3n) is 4.70. The summed E-state index contributed by atoms with van der Waals surface area (Å²) in [5.74, 6) is 0.410. The minimum atomic E-state index is -0.0569. The maximum atomic E-state index is 12.5. The molecule has 8 nitrogen and oxygen atoms in total. The number of nitrogens with one attached hydrogen (secondary N) is 1. The second-order valence-electron chi connectivity index (χ2n) is 6.44. The van der Waals surface area contributed by atoms with Crippen LogP contribution in [0.3, 0.4) is 0 Å². The summed E-state index contributed by atoms with van der Waals surface area (Å²) >= 11 is 0. The summed E-state index contributed by atoms with van der Waals surface area (Å²) in [6.45, 7) is 5.51. The highest BCUT2D eigenvalue weighted by atomic mass is 16.5. The van der Waals surface area contributed by atoms with Gasteiger partial charge in [0.2, 0.25) is 5.95 Å². The fourth-order valence-corrected chi connectivity index (χ4v) is 3.23. The van der Waals surface area contributed by atoms with Crippen LogP contribution in [0.5, 0.6) is 0 Å². The Morgan fingerprint density at radius 2 is 1.56 bits per heavy atom. The van der Waals surface area contributed by atoms with Gasteiger partial charge in [-0.15, -0.1) is 0 Å². The van der Waals surface area contributed by atoms with Crippen molar-refractivity contribution in [1.29, 1.82) is 0 Å². The zero-order valence-electron chi connectivity index (χ0n) is 15.1. The van der Waals surface area contributed by atoms with Crippen LogP contribution >= 0.6 is 0 Å². The fraction of sp³-hybridized carbons (Fsp3) is 0.421. The number of carbonyl (C=O) groups excluding carboxylic acids is 1. The van der Waals surface area contributed by atoms with Crippen molar-refractivity contribution in [2.45, 2.75) is 0 Å². The van der Waals surface area contributed by atoms with E-state index in [1.165, 1.54) is 0 Å². The molecule has 1 amide bonds. The highest BCUT2D eigenvalue weighted by Crippen LogP contribution is 2.28. The van der Waals surface area contributed by atoms with Crippen LogP contribution in [0.1, 0.15) is 10.4 Å². The largest absolute Gasteiger partial charge is 0.378 e. The molecule has 2 aromatic rings. The zero-order valence-corrected chi connectivity index (χ0v) is 15.1. The average molecular weight is 369 g/mol. The standard InChI is InChI=1S/C19H23N5O3/c25-18(24-7-11-27-12-8-24)15-13-20-19(21-14-15)22-16-3-1-2-4-17(16)23-5-9-26-10-6-23/h1-4,13-14H,5-12H2,(H,20,21,22). The Bertz CT molecular complexity index is 771. The summed E-state index contributed by atoms with van der Waals surface area (Å²) in [6, 6.07) is 8.06. The van der Waals surface area contributed by atoms with Crippen molar-refractivity contribution in [2.24, 2.45) is 0 Å². The van der Waals surface area contributed by atoms with Gasteiger partial charge >= 0.3 is 0 Å². The van der Waals surface area contributed by atoms with Gasteiger partial charge in [-0.05, 0) is 12.1 Å². The molecular weight excluding hydrogens is 346 g/mol. The van der Waals surface area contributed by atoms with Crippen LogP contribution in [0.15, 0.2) is 36.7 Å². The topological polar surface area (TPSA) is 79.8 Å². The molecule has 27 heavy (non-hydrogen) atoms. The SMILES string of the molecule is O=C(c1cnc(Nc2ccccc2N2CCOCC2)nc1)N1CCOCC1. The number of hydrogen-bond donors (Lipinski definition) is 1. The summed E-state index contributed by atoms with van der Waals surface area (Å²) < 4.78 is 10.7. The summed E-state index contributed by atoms with van der Waals surface area (Å²) in [6.07, 6.45) is 3.15. The van der Waals surface area contributed by atoms with Crippen LogP contribution in [0.25, 0.3) is 0 Å². The van der Waals surface area contributed by atoms with E-state index >= 15 is 0 Å². The van der Waals surface area contributed by atoms with Gasteiger partial charge in [0, 0.05) is 38.6 Å². The molecule has 0 radical (unpaired) electrons. The van der Waals surface area contributed by atoms with Crippen LogP contribution in [0.2, 0.25) is 0 Å². The number of benzene rings is 1. The van der Waals surface area contributed by atoms with Crippen molar-refractivity contribution in [3.8, 4) is 0 Å². The van der Waals surface area contributed by atoms with E-state index in [0.29, 0.717) is 37.8 Å². The molecule has 8 heteroatoms. The number of aromatic nitrogens is 2. The molecule has 2 aliphatic heterocycles. The smallest absolute Gasteiger partial charge is 0.257 e. The van der Waals surface area contributed by atoms with E-state index in [2.05, 4.69) is 26.3 Å². The quantitative estimate of drug-likeness (QED) is 0.875. The number of nitrogens with zero attached hydrogens (tertiary/aromatic N) is 4. The van der Waals surface area contributed by atoms with Crippen molar-refractivity contribution >= 4 is 23.2 Å². The van der Waals surface area contributed by atoms with Crippen LogP contribution in [-0.2, 0) is 9.47 Å². The molecule has 0 unspecified atom stereocenters. The fourth-order valence-electron chi connectivity index (χ4n) is 3.23. The van der Waals surface area contributed by atoms with E-state index in [4.69, 9.17) is 9.47 Å². The molecule has 4 rings (SSSR count). The van der Waals surface area contributed by atoms with Crippen LogP contribution in [0, 0.1) is 0 Å². The number of rotatable bonds is 4. The maximum absolute atomic E-state index is 12.5.